The van der Waals surface area contributed by atoms with Gasteiger partial charge in [0.05, 0.1) is 11.9 Å². The number of nitrogens with zero attached hydrogens (tertiary/aromatic N) is 1. The molecule has 7 heteroatoms. The normalized spacial score (nSPS) is 17.9. The van der Waals surface area contributed by atoms with E-state index < -0.39 is 11.5 Å². The molecule has 0 saturated carbocycles. The summed E-state index contributed by atoms with van der Waals surface area (Å²) in [6.45, 7) is 1.28. The molecule has 21 heavy (non-hydrogen) atoms. The molecule has 1 atom stereocenters. The van der Waals surface area contributed by atoms with Crippen LogP contribution < -0.4 is 5.32 Å². The van der Waals surface area contributed by atoms with E-state index in [2.05, 4.69) is 5.32 Å². The van der Waals surface area contributed by atoms with Crippen LogP contribution in [0.15, 0.2) is 22.8 Å². The summed E-state index contributed by atoms with van der Waals surface area (Å²) in [5.41, 5.74) is -1.17. The molecule has 114 valence electrons. The fraction of sp³-hybridized carbons (Fsp3) is 0.500. The molecule has 1 fully saturated rings. The quantitative estimate of drug-likeness (QED) is 0.710. The molecule has 1 aromatic rings. The van der Waals surface area contributed by atoms with E-state index in [0.717, 1.165) is 4.90 Å². The van der Waals surface area contributed by atoms with Crippen molar-refractivity contribution in [3.63, 3.8) is 0 Å². The zero-order valence-corrected chi connectivity index (χ0v) is 11.8. The van der Waals surface area contributed by atoms with Gasteiger partial charge < -0.3 is 14.8 Å². The molecule has 1 aliphatic heterocycles. The lowest BCUT2D eigenvalue weighted by Gasteiger charge is -2.23. The number of hydrogen-bond acceptors (Lipinski definition) is 5. The largest absolute Gasteiger partial charge is 0.469 e. The SMILES string of the molecule is CC(O)(CNC(=O)CN1C(=O)CCC1=O)Cc1ccco1. The van der Waals surface area contributed by atoms with Gasteiger partial charge in [-0.15, -0.1) is 0 Å². The van der Waals surface area contributed by atoms with E-state index >= 15 is 0 Å². The smallest absolute Gasteiger partial charge is 0.240 e. The molecule has 0 aliphatic carbocycles. The minimum absolute atomic E-state index is 0.00273. The van der Waals surface area contributed by atoms with Crippen LogP contribution in [0.1, 0.15) is 25.5 Å². The summed E-state index contributed by atoms with van der Waals surface area (Å²) in [7, 11) is 0. The van der Waals surface area contributed by atoms with Crippen molar-refractivity contribution in [2.75, 3.05) is 13.1 Å². The fourth-order valence-corrected chi connectivity index (χ4v) is 2.14. The van der Waals surface area contributed by atoms with Gasteiger partial charge in [-0.25, -0.2) is 0 Å². The lowest BCUT2D eigenvalue weighted by molar-refractivity contribution is -0.142. The third kappa shape index (κ3) is 4.16. The second kappa shape index (κ2) is 6.09. The van der Waals surface area contributed by atoms with E-state index in [0.29, 0.717) is 5.76 Å². The van der Waals surface area contributed by atoms with Crippen molar-refractivity contribution in [1.82, 2.24) is 10.2 Å². The number of likely N-dealkylation sites (tertiary alicyclic amines) is 1. The minimum atomic E-state index is -1.17. The average Bonchev–Trinajstić information content (AvgIpc) is 3.01. The lowest BCUT2D eigenvalue weighted by atomic mass is 10.0. The number of carbonyl (C=O) groups is 3. The minimum Gasteiger partial charge on any atom is -0.469 e. The standard InChI is InChI=1S/C14H18N2O5/c1-14(20,7-10-3-2-6-21-10)9-15-11(17)8-16-12(18)4-5-13(16)19/h2-3,6,20H,4-5,7-9H2,1H3,(H,15,17). The highest BCUT2D eigenvalue weighted by Crippen LogP contribution is 2.13. The van der Waals surface area contributed by atoms with Crippen LogP contribution in [0.3, 0.4) is 0 Å². The second-order valence-corrected chi connectivity index (χ2v) is 5.40. The van der Waals surface area contributed by atoms with Gasteiger partial charge in [0.2, 0.25) is 17.7 Å². The number of carbonyl (C=O) groups excluding carboxylic acids is 3. The van der Waals surface area contributed by atoms with Gasteiger partial charge in [0.1, 0.15) is 12.3 Å². The van der Waals surface area contributed by atoms with Gasteiger partial charge in [-0.1, -0.05) is 0 Å². The highest BCUT2D eigenvalue weighted by molar-refractivity contribution is 6.04. The molecule has 0 aromatic carbocycles. The summed E-state index contributed by atoms with van der Waals surface area (Å²) < 4.78 is 5.14. The Balaban J connectivity index is 1.80. The Morgan fingerprint density at radius 3 is 2.67 bits per heavy atom. The third-order valence-corrected chi connectivity index (χ3v) is 3.26. The van der Waals surface area contributed by atoms with Crippen molar-refractivity contribution in [3.8, 4) is 0 Å². The van der Waals surface area contributed by atoms with Crippen LogP contribution in [-0.2, 0) is 20.8 Å². The van der Waals surface area contributed by atoms with Crippen LogP contribution in [0.5, 0.6) is 0 Å². The van der Waals surface area contributed by atoms with Gasteiger partial charge >= 0.3 is 0 Å². The van der Waals surface area contributed by atoms with Crippen molar-refractivity contribution in [3.05, 3.63) is 24.2 Å². The van der Waals surface area contributed by atoms with E-state index in [1.165, 1.54) is 6.26 Å². The van der Waals surface area contributed by atoms with E-state index in [1.54, 1.807) is 19.1 Å². The highest BCUT2D eigenvalue weighted by Gasteiger charge is 2.31. The van der Waals surface area contributed by atoms with Gasteiger partial charge in [0.25, 0.3) is 0 Å². The van der Waals surface area contributed by atoms with Crippen molar-refractivity contribution in [1.29, 1.82) is 0 Å². The van der Waals surface area contributed by atoms with Gasteiger partial charge in [-0.2, -0.15) is 0 Å². The second-order valence-electron chi connectivity index (χ2n) is 5.40. The number of nitrogens with one attached hydrogen (secondary N) is 1. The highest BCUT2D eigenvalue weighted by atomic mass is 16.3. The topological polar surface area (TPSA) is 99.9 Å². The molecule has 0 bridgehead atoms. The zero-order valence-electron chi connectivity index (χ0n) is 11.8. The Morgan fingerprint density at radius 2 is 2.10 bits per heavy atom. The van der Waals surface area contributed by atoms with Crippen molar-refractivity contribution < 1.29 is 23.9 Å². The molecule has 2 rings (SSSR count). The molecule has 1 aliphatic rings. The summed E-state index contributed by atoms with van der Waals surface area (Å²) in [4.78, 5) is 35.5. The molecule has 0 radical (unpaired) electrons. The molecule has 2 heterocycles. The van der Waals surface area contributed by atoms with Crippen molar-refractivity contribution >= 4 is 17.7 Å². The molecule has 1 aromatic heterocycles. The number of hydrogen-bond donors (Lipinski definition) is 2. The Hall–Kier alpha value is -2.15. The van der Waals surface area contributed by atoms with E-state index in [9.17, 15) is 19.5 Å². The predicted octanol–water partition coefficient (Wildman–Crippen LogP) is -0.162. The van der Waals surface area contributed by atoms with Gasteiger partial charge in [0, 0.05) is 25.8 Å². The fourth-order valence-electron chi connectivity index (χ4n) is 2.14. The number of aliphatic hydroxyl groups is 1. The van der Waals surface area contributed by atoms with Crippen LogP contribution in [0.4, 0.5) is 0 Å². The molecule has 3 amide bonds. The van der Waals surface area contributed by atoms with Crippen LogP contribution in [-0.4, -0.2) is 46.4 Å². The Kier molecular flexibility index (Phi) is 4.42. The first kappa shape index (κ1) is 15.2. The molecule has 2 N–H and O–H groups in total. The summed E-state index contributed by atoms with van der Waals surface area (Å²) in [6, 6.07) is 3.45. The van der Waals surface area contributed by atoms with Crippen LogP contribution in [0, 0.1) is 0 Å². The monoisotopic (exact) mass is 294 g/mol. The lowest BCUT2D eigenvalue weighted by Crippen LogP contribution is -2.46. The van der Waals surface area contributed by atoms with Crippen molar-refractivity contribution in [2.24, 2.45) is 0 Å². The maximum Gasteiger partial charge on any atom is 0.240 e. The molecule has 1 unspecified atom stereocenters. The maximum absolute atomic E-state index is 11.7. The van der Waals surface area contributed by atoms with Gasteiger partial charge in [0.15, 0.2) is 0 Å². The Morgan fingerprint density at radius 1 is 1.43 bits per heavy atom. The first-order chi connectivity index (χ1) is 9.87. The van der Waals surface area contributed by atoms with Crippen molar-refractivity contribution in [2.45, 2.75) is 31.8 Å². The average molecular weight is 294 g/mol. The van der Waals surface area contributed by atoms with E-state index in [1.807, 2.05) is 0 Å². The van der Waals surface area contributed by atoms with E-state index in [4.69, 9.17) is 4.42 Å². The first-order valence-electron chi connectivity index (χ1n) is 6.72. The molecule has 0 spiro atoms. The third-order valence-electron chi connectivity index (χ3n) is 3.26. The number of amides is 3. The maximum atomic E-state index is 11.7. The Labute approximate surface area is 121 Å². The summed E-state index contributed by atoms with van der Waals surface area (Å²) >= 11 is 0. The van der Waals surface area contributed by atoms with Crippen LogP contribution in [0.25, 0.3) is 0 Å². The van der Waals surface area contributed by atoms with Gasteiger partial charge in [-0.3, -0.25) is 19.3 Å². The summed E-state index contributed by atoms with van der Waals surface area (Å²) in [6.07, 6.45) is 2.07. The number of furan rings is 1. The number of rotatable bonds is 6. The first-order valence-corrected chi connectivity index (χ1v) is 6.72. The zero-order chi connectivity index (χ0) is 15.5. The summed E-state index contributed by atoms with van der Waals surface area (Å²) in [5.74, 6) is -0.535. The molecular formula is C14H18N2O5. The van der Waals surface area contributed by atoms with E-state index in [-0.39, 0.29) is 44.2 Å². The molecular weight excluding hydrogens is 276 g/mol. The molecule has 1 saturated heterocycles. The summed E-state index contributed by atoms with van der Waals surface area (Å²) in [5, 5.41) is 12.7. The van der Waals surface area contributed by atoms with Gasteiger partial charge in [-0.05, 0) is 19.1 Å². The van der Waals surface area contributed by atoms with Crippen LogP contribution >= 0.6 is 0 Å². The Bertz CT molecular complexity index is 520. The number of imide groups is 1. The predicted molar refractivity (Wildman–Crippen MR) is 72.0 cm³/mol. The van der Waals surface area contributed by atoms with Crippen LogP contribution in [0.2, 0.25) is 0 Å². The molecule has 7 nitrogen and oxygen atoms in total.